The van der Waals surface area contributed by atoms with E-state index in [4.69, 9.17) is 9.47 Å². The first-order valence-electron chi connectivity index (χ1n) is 7.35. The minimum absolute atomic E-state index is 0.0121. The van der Waals surface area contributed by atoms with Crippen molar-refractivity contribution in [3.05, 3.63) is 29.6 Å². The molecule has 0 atom stereocenters. The van der Waals surface area contributed by atoms with E-state index in [1.165, 1.54) is 13.2 Å². The topological polar surface area (TPSA) is 38.8 Å². The molecule has 21 heavy (non-hydrogen) atoms. The number of hydrogen-bond acceptors (Lipinski definition) is 4. The number of halogens is 1. The zero-order chi connectivity index (χ0) is 15.2. The SMILES string of the molecule is CCOC(=O)C1CCN(Cc2ccc(OC)cc2F)CC1. The predicted molar refractivity (Wildman–Crippen MR) is 77.6 cm³/mol. The fraction of sp³-hybridized carbons (Fsp3) is 0.562. The number of piperidine rings is 1. The summed E-state index contributed by atoms with van der Waals surface area (Å²) in [7, 11) is 1.52. The Hall–Kier alpha value is -1.62. The van der Waals surface area contributed by atoms with E-state index >= 15 is 0 Å². The molecule has 2 rings (SSSR count). The van der Waals surface area contributed by atoms with Crippen LogP contribution in [0.3, 0.4) is 0 Å². The first-order chi connectivity index (χ1) is 10.1. The summed E-state index contributed by atoms with van der Waals surface area (Å²) in [5.41, 5.74) is 0.658. The maximum absolute atomic E-state index is 13.9. The fourth-order valence-corrected chi connectivity index (χ4v) is 2.61. The molecule has 1 aliphatic rings. The van der Waals surface area contributed by atoms with Gasteiger partial charge in [0.2, 0.25) is 0 Å². The third-order valence-electron chi connectivity index (χ3n) is 3.86. The molecule has 0 saturated carbocycles. The lowest BCUT2D eigenvalue weighted by Gasteiger charge is -2.30. The number of benzene rings is 1. The number of rotatable bonds is 5. The van der Waals surface area contributed by atoms with Crippen molar-refractivity contribution in [2.45, 2.75) is 26.3 Å². The molecule has 0 unspecified atom stereocenters. The largest absolute Gasteiger partial charge is 0.497 e. The van der Waals surface area contributed by atoms with Crippen molar-refractivity contribution in [3.63, 3.8) is 0 Å². The van der Waals surface area contributed by atoms with Gasteiger partial charge in [-0.05, 0) is 38.9 Å². The van der Waals surface area contributed by atoms with E-state index in [-0.39, 0.29) is 17.7 Å². The quantitative estimate of drug-likeness (QED) is 0.783. The number of esters is 1. The van der Waals surface area contributed by atoms with Gasteiger partial charge in [0.15, 0.2) is 0 Å². The first kappa shape index (κ1) is 15.8. The van der Waals surface area contributed by atoms with Crippen molar-refractivity contribution in [1.29, 1.82) is 0 Å². The summed E-state index contributed by atoms with van der Waals surface area (Å²) in [6.07, 6.45) is 1.55. The van der Waals surface area contributed by atoms with Crippen molar-refractivity contribution in [1.82, 2.24) is 4.90 Å². The summed E-state index contributed by atoms with van der Waals surface area (Å²) in [5, 5.41) is 0. The minimum Gasteiger partial charge on any atom is -0.497 e. The summed E-state index contributed by atoms with van der Waals surface area (Å²) < 4.78 is 24.0. The monoisotopic (exact) mass is 295 g/mol. The van der Waals surface area contributed by atoms with Crippen LogP contribution in [0, 0.1) is 11.7 Å². The summed E-state index contributed by atoms with van der Waals surface area (Å²) in [5.74, 6) is 0.161. The number of ether oxygens (including phenoxy) is 2. The maximum atomic E-state index is 13.9. The predicted octanol–water partition coefficient (Wildman–Crippen LogP) is 2.61. The lowest BCUT2D eigenvalue weighted by Crippen LogP contribution is -2.36. The summed E-state index contributed by atoms with van der Waals surface area (Å²) in [6, 6.07) is 4.93. The second-order valence-electron chi connectivity index (χ2n) is 5.26. The normalized spacial score (nSPS) is 16.7. The molecule has 1 aromatic rings. The van der Waals surface area contributed by atoms with E-state index in [9.17, 15) is 9.18 Å². The summed E-state index contributed by atoms with van der Waals surface area (Å²) in [6.45, 7) is 4.38. The van der Waals surface area contributed by atoms with Crippen LogP contribution < -0.4 is 4.74 Å². The Balaban J connectivity index is 1.87. The molecule has 0 aliphatic carbocycles. The van der Waals surface area contributed by atoms with Gasteiger partial charge in [0.25, 0.3) is 0 Å². The van der Waals surface area contributed by atoms with Gasteiger partial charge in [-0.1, -0.05) is 6.07 Å². The maximum Gasteiger partial charge on any atom is 0.309 e. The van der Waals surface area contributed by atoms with Crippen molar-refractivity contribution >= 4 is 5.97 Å². The first-order valence-corrected chi connectivity index (χ1v) is 7.35. The van der Waals surface area contributed by atoms with E-state index in [0.717, 1.165) is 25.9 Å². The molecular weight excluding hydrogens is 273 g/mol. The second kappa shape index (κ2) is 7.41. The van der Waals surface area contributed by atoms with Gasteiger partial charge in [0.1, 0.15) is 11.6 Å². The Morgan fingerprint density at radius 2 is 2.10 bits per heavy atom. The number of likely N-dealkylation sites (tertiary alicyclic amines) is 1. The molecule has 1 aromatic carbocycles. The van der Waals surface area contributed by atoms with E-state index < -0.39 is 0 Å². The van der Waals surface area contributed by atoms with Crippen LogP contribution in [0.5, 0.6) is 5.75 Å². The number of hydrogen-bond donors (Lipinski definition) is 0. The molecule has 0 amide bonds. The fourth-order valence-electron chi connectivity index (χ4n) is 2.61. The van der Waals surface area contributed by atoms with Gasteiger partial charge in [-0.15, -0.1) is 0 Å². The molecule has 1 saturated heterocycles. The third kappa shape index (κ3) is 4.17. The van der Waals surface area contributed by atoms with Crippen LogP contribution in [0.2, 0.25) is 0 Å². The molecule has 116 valence electrons. The zero-order valence-electron chi connectivity index (χ0n) is 12.6. The van der Waals surface area contributed by atoms with Gasteiger partial charge in [0, 0.05) is 18.2 Å². The second-order valence-corrected chi connectivity index (χ2v) is 5.26. The van der Waals surface area contributed by atoms with Gasteiger partial charge >= 0.3 is 5.97 Å². The Labute approximate surface area is 124 Å². The van der Waals surface area contributed by atoms with Crippen molar-refractivity contribution in [2.75, 3.05) is 26.8 Å². The zero-order valence-corrected chi connectivity index (χ0v) is 12.6. The Kier molecular flexibility index (Phi) is 5.56. The van der Waals surface area contributed by atoms with Gasteiger partial charge < -0.3 is 9.47 Å². The van der Waals surface area contributed by atoms with Crippen LogP contribution in [-0.2, 0) is 16.1 Å². The average molecular weight is 295 g/mol. The lowest BCUT2D eigenvalue weighted by molar-refractivity contribution is -0.149. The number of nitrogens with zero attached hydrogens (tertiary/aromatic N) is 1. The Morgan fingerprint density at radius 1 is 1.38 bits per heavy atom. The van der Waals surface area contributed by atoms with Crippen molar-refractivity contribution in [3.8, 4) is 5.75 Å². The van der Waals surface area contributed by atoms with Gasteiger partial charge in [-0.25, -0.2) is 4.39 Å². The molecule has 0 spiro atoms. The summed E-state index contributed by atoms with van der Waals surface area (Å²) in [4.78, 5) is 13.8. The highest BCUT2D eigenvalue weighted by atomic mass is 19.1. The van der Waals surface area contributed by atoms with Gasteiger partial charge in [0.05, 0.1) is 19.6 Å². The van der Waals surface area contributed by atoms with E-state index in [1.807, 2.05) is 6.92 Å². The van der Waals surface area contributed by atoms with Crippen molar-refractivity contribution < 1.29 is 18.7 Å². The van der Waals surface area contributed by atoms with Crippen LogP contribution >= 0.6 is 0 Å². The van der Waals surface area contributed by atoms with E-state index in [1.54, 1.807) is 12.1 Å². The highest BCUT2D eigenvalue weighted by Gasteiger charge is 2.26. The molecule has 1 heterocycles. The molecule has 4 nitrogen and oxygen atoms in total. The standard InChI is InChI=1S/C16H22FNO3/c1-3-21-16(19)12-6-8-18(9-7-12)11-13-4-5-14(20-2)10-15(13)17/h4-5,10,12H,3,6-9,11H2,1-2H3. The van der Waals surface area contributed by atoms with E-state index in [2.05, 4.69) is 4.90 Å². The van der Waals surface area contributed by atoms with Crippen molar-refractivity contribution in [2.24, 2.45) is 5.92 Å². The minimum atomic E-state index is -0.248. The Bertz CT molecular complexity index is 484. The highest BCUT2D eigenvalue weighted by Crippen LogP contribution is 2.22. The molecular formula is C16H22FNO3. The van der Waals surface area contributed by atoms with Gasteiger partial charge in [-0.2, -0.15) is 0 Å². The molecule has 1 fully saturated rings. The summed E-state index contributed by atoms with van der Waals surface area (Å²) >= 11 is 0. The molecule has 1 aliphatic heterocycles. The molecule has 0 radical (unpaired) electrons. The Morgan fingerprint density at radius 3 is 2.67 bits per heavy atom. The number of carbonyl (C=O) groups is 1. The third-order valence-corrected chi connectivity index (χ3v) is 3.86. The highest BCUT2D eigenvalue weighted by molar-refractivity contribution is 5.72. The average Bonchev–Trinajstić information content (AvgIpc) is 2.50. The smallest absolute Gasteiger partial charge is 0.309 e. The molecule has 0 N–H and O–H groups in total. The van der Waals surface area contributed by atoms with Crippen LogP contribution in [-0.4, -0.2) is 37.7 Å². The molecule has 5 heteroatoms. The van der Waals surface area contributed by atoms with Crippen LogP contribution in [0.25, 0.3) is 0 Å². The number of carbonyl (C=O) groups excluding carboxylic acids is 1. The number of methoxy groups -OCH3 is 1. The molecule has 0 aromatic heterocycles. The van der Waals surface area contributed by atoms with Crippen LogP contribution in [0.4, 0.5) is 4.39 Å². The lowest BCUT2D eigenvalue weighted by atomic mass is 9.96. The van der Waals surface area contributed by atoms with E-state index in [0.29, 0.717) is 24.5 Å². The van der Waals surface area contributed by atoms with Crippen LogP contribution in [0.1, 0.15) is 25.3 Å². The van der Waals surface area contributed by atoms with Gasteiger partial charge in [-0.3, -0.25) is 9.69 Å². The van der Waals surface area contributed by atoms with Crippen LogP contribution in [0.15, 0.2) is 18.2 Å². The molecule has 0 bridgehead atoms.